The zero-order valence-electron chi connectivity index (χ0n) is 20.3. The van der Waals surface area contributed by atoms with Crippen LogP contribution < -0.4 is 10.6 Å². The van der Waals surface area contributed by atoms with Crippen LogP contribution in [0, 0.1) is 23.2 Å². The van der Waals surface area contributed by atoms with E-state index in [0.717, 1.165) is 43.8 Å². The highest BCUT2D eigenvalue weighted by Crippen LogP contribution is 2.59. The lowest BCUT2D eigenvalue weighted by Gasteiger charge is -2.56. The lowest BCUT2D eigenvalue weighted by atomic mass is 9.49. The van der Waals surface area contributed by atoms with Crippen LogP contribution in [0.25, 0.3) is 5.65 Å². The van der Waals surface area contributed by atoms with Crippen molar-refractivity contribution in [2.24, 2.45) is 23.2 Å². The molecule has 7 nitrogen and oxygen atoms in total. The second-order valence-electron chi connectivity index (χ2n) is 11.5. The number of carbonyl (C=O) groups is 2. The summed E-state index contributed by atoms with van der Waals surface area (Å²) in [5.74, 6) is 2.36. The first-order valence-corrected chi connectivity index (χ1v) is 13.3. The van der Waals surface area contributed by atoms with Gasteiger partial charge in [-0.3, -0.25) is 18.9 Å². The molecule has 4 bridgehead atoms. The van der Waals surface area contributed by atoms with E-state index in [1.165, 1.54) is 44.9 Å². The van der Waals surface area contributed by atoms with E-state index in [1.54, 1.807) is 10.6 Å². The van der Waals surface area contributed by atoms with Gasteiger partial charge in [0.2, 0.25) is 0 Å². The maximum absolute atomic E-state index is 13.2. The first-order valence-electron chi connectivity index (χ1n) is 13.3. The Labute approximate surface area is 201 Å². The molecule has 2 aromatic rings. The summed E-state index contributed by atoms with van der Waals surface area (Å²) in [7, 11) is 0. The predicted octanol–water partition coefficient (Wildman–Crippen LogP) is 3.49. The van der Waals surface area contributed by atoms with Crippen LogP contribution in [-0.4, -0.2) is 58.3 Å². The van der Waals surface area contributed by atoms with E-state index in [1.807, 2.05) is 18.2 Å². The summed E-state index contributed by atoms with van der Waals surface area (Å²) >= 11 is 0. The highest BCUT2D eigenvalue weighted by Gasteiger charge is 2.50. The largest absolute Gasteiger partial charge is 0.350 e. The number of hydrogen-bond donors (Lipinski definition) is 2. The Morgan fingerprint density at radius 1 is 1.06 bits per heavy atom. The summed E-state index contributed by atoms with van der Waals surface area (Å²) in [6.45, 7) is 5.68. The maximum Gasteiger partial charge on any atom is 0.271 e. The van der Waals surface area contributed by atoms with Crippen molar-refractivity contribution in [1.29, 1.82) is 0 Å². The van der Waals surface area contributed by atoms with Crippen molar-refractivity contribution in [3.63, 3.8) is 0 Å². The quantitative estimate of drug-likeness (QED) is 0.659. The van der Waals surface area contributed by atoms with Crippen LogP contribution in [0.15, 0.2) is 24.4 Å². The Morgan fingerprint density at radius 3 is 2.50 bits per heavy atom. The van der Waals surface area contributed by atoms with Crippen molar-refractivity contribution in [2.45, 2.75) is 64.3 Å². The van der Waals surface area contributed by atoms with Crippen molar-refractivity contribution in [3.05, 3.63) is 35.8 Å². The smallest absolute Gasteiger partial charge is 0.271 e. The minimum atomic E-state index is -0.174. The van der Waals surface area contributed by atoms with Crippen LogP contribution in [0.3, 0.4) is 0 Å². The topological polar surface area (TPSA) is 78.7 Å². The van der Waals surface area contributed by atoms with Gasteiger partial charge in [0, 0.05) is 25.3 Å². The molecule has 2 aromatic heterocycles. The molecule has 4 saturated carbocycles. The number of rotatable bonds is 7. The molecule has 0 radical (unpaired) electrons. The van der Waals surface area contributed by atoms with E-state index < -0.39 is 0 Å². The molecule has 5 fully saturated rings. The molecule has 5 aliphatic rings. The molecule has 34 heavy (non-hydrogen) atoms. The number of fused-ring (bicyclic) bond motifs is 1. The van der Waals surface area contributed by atoms with Gasteiger partial charge >= 0.3 is 0 Å². The number of likely N-dealkylation sites (N-methyl/N-ethyl adjacent to an activating group) is 1. The number of hydrogen-bond acceptors (Lipinski definition) is 4. The molecule has 2 amide bonds. The maximum atomic E-state index is 13.2. The molecule has 2 N–H and O–H groups in total. The summed E-state index contributed by atoms with van der Waals surface area (Å²) in [5, 5.41) is 6.32. The van der Waals surface area contributed by atoms with Gasteiger partial charge in [0.25, 0.3) is 11.8 Å². The Bertz CT molecular complexity index is 1060. The molecule has 4 aliphatic carbocycles. The zero-order valence-corrected chi connectivity index (χ0v) is 20.3. The number of nitrogens with zero attached hydrogens (tertiary/aromatic N) is 3. The van der Waals surface area contributed by atoms with Crippen LogP contribution in [0.2, 0.25) is 0 Å². The summed E-state index contributed by atoms with van der Waals surface area (Å²) in [5.41, 5.74) is 1.83. The summed E-state index contributed by atoms with van der Waals surface area (Å²) in [6.07, 6.45) is 12.0. The second-order valence-corrected chi connectivity index (χ2v) is 11.5. The van der Waals surface area contributed by atoms with Gasteiger partial charge in [0.1, 0.15) is 17.0 Å². The van der Waals surface area contributed by atoms with Gasteiger partial charge in [0.15, 0.2) is 0 Å². The molecule has 0 aromatic carbocycles. The minimum absolute atomic E-state index is 0.0738. The van der Waals surface area contributed by atoms with Crippen LogP contribution in [-0.2, 0) is 0 Å². The highest BCUT2D eigenvalue weighted by atomic mass is 16.2. The third-order valence-corrected chi connectivity index (χ3v) is 9.15. The average molecular weight is 464 g/mol. The fourth-order valence-corrected chi connectivity index (χ4v) is 8.01. The third-order valence-electron chi connectivity index (χ3n) is 9.15. The van der Waals surface area contributed by atoms with E-state index in [4.69, 9.17) is 0 Å². The number of pyridine rings is 1. The van der Waals surface area contributed by atoms with E-state index >= 15 is 0 Å². The Morgan fingerprint density at radius 2 is 1.79 bits per heavy atom. The fourth-order valence-electron chi connectivity index (χ4n) is 8.01. The van der Waals surface area contributed by atoms with Gasteiger partial charge in [-0.1, -0.05) is 13.0 Å². The van der Waals surface area contributed by atoms with Crippen molar-refractivity contribution in [1.82, 2.24) is 24.9 Å². The van der Waals surface area contributed by atoms with Gasteiger partial charge in [-0.2, -0.15) is 0 Å². The summed E-state index contributed by atoms with van der Waals surface area (Å²) in [6, 6.07) is 5.92. The first kappa shape index (κ1) is 22.1. The molecule has 1 aliphatic heterocycles. The monoisotopic (exact) mass is 463 g/mol. The number of carbonyl (C=O) groups excluding carboxylic acids is 2. The molecule has 0 spiro atoms. The number of aromatic nitrogens is 2. The molecule has 7 rings (SSSR count). The molecular weight excluding hydrogens is 426 g/mol. The van der Waals surface area contributed by atoms with E-state index in [9.17, 15) is 9.59 Å². The fraction of sp³-hybridized carbons (Fsp3) is 0.667. The average Bonchev–Trinajstić information content (AvgIpc) is 3.46. The van der Waals surface area contributed by atoms with Crippen LogP contribution >= 0.6 is 0 Å². The summed E-state index contributed by atoms with van der Waals surface area (Å²) in [4.78, 5) is 33.0. The second kappa shape index (κ2) is 8.67. The predicted molar refractivity (Wildman–Crippen MR) is 131 cm³/mol. The highest BCUT2D eigenvalue weighted by molar-refractivity contribution is 5.95. The van der Waals surface area contributed by atoms with E-state index in [0.29, 0.717) is 35.0 Å². The third kappa shape index (κ3) is 4.02. The Balaban J connectivity index is 1.13. The lowest BCUT2D eigenvalue weighted by Crippen LogP contribution is -2.51. The lowest BCUT2D eigenvalue weighted by molar-refractivity contribution is -0.0503. The number of amides is 2. The standard InChI is InChI=1S/C27H37N5O2/c1-2-31-8-4-5-21(31)15-28-25(33)22-16-32-23(6-3-7-24(32)30-22)26(34)29-17-27-12-18-9-19(13-27)11-20(10-18)14-27/h3,6-7,16,18-21H,2,4-5,8-15,17H2,1H3,(H,28,33)(H,29,34). The molecule has 1 saturated heterocycles. The number of imidazole rings is 1. The minimum Gasteiger partial charge on any atom is -0.350 e. The molecule has 182 valence electrons. The molecule has 1 atom stereocenters. The molecule has 1 unspecified atom stereocenters. The number of likely N-dealkylation sites (tertiary alicyclic amines) is 1. The molecule has 3 heterocycles. The Hall–Kier alpha value is -2.41. The van der Waals surface area contributed by atoms with Crippen LogP contribution in [0.4, 0.5) is 0 Å². The molecule has 7 heteroatoms. The number of nitrogens with one attached hydrogen (secondary N) is 2. The normalized spacial score (nSPS) is 32.4. The summed E-state index contributed by atoms with van der Waals surface area (Å²) < 4.78 is 1.76. The van der Waals surface area contributed by atoms with Crippen molar-refractivity contribution in [3.8, 4) is 0 Å². The first-order chi connectivity index (χ1) is 16.5. The van der Waals surface area contributed by atoms with Gasteiger partial charge in [-0.15, -0.1) is 0 Å². The van der Waals surface area contributed by atoms with Gasteiger partial charge in [0.05, 0.1) is 0 Å². The van der Waals surface area contributed by atoms with Crippen LogP contribution in [0.5, 0.6) is 0 Å². The van der Waals surface area contributed by atoms with Crippen LogP contribution in [0.1, 0.15) is 79.3 Å². The SMILES string of the molecule is CCN1CCCC1CNC(=O)c1cn2c(C(=O)NCC34CC5CC(CC(C5)C3)C4)cccc2n1. The van der Waals surface area contributed by atoms with Crippen molar-refractivity contribution < 1.29 is 9.59 Å². The van der Waals surface area contributed by atoms with Gasteiger partial charge < -0.3 is 10.6 Å². The Kier molecular flexibility index (Phi) is 5.63. The van der Waals surface area contributed by atoms with Crippen molar-refractivity contribution in [2.75, 3.05) is 26.2 Å². The van der Waals surface area contributed by atoms with E-state index in [-0.39, 0.29) is 11.8 Å². The van der Waals surface area contributed by atoms with Gasteiger partial charge in [-0.25, -0.2) is 4.98 Å². The zero-order chi connectivity index (χ0) is 23.3. The van der Waals surface area contributed by atoms with Crippen molar-refractivity contribution >= 4 is 17.5 Å². The molecular formula is C27H37N5O2. The van der Waals surface area contributed by atoms with Gasteiger partial charge in [-0.05, 0) is 99.8 Å². The van der Waals surface area contributed by atoms with E-state index in [2.05, 4.69) is 27.4 Å².